The molecular formula is C11H21N3. The number of nitrogens with zero attached hydrogens (tertiary/aromatic N) is 2. The lowest BCUT2D eigenvalue weighted by molar-refractivity contribution is 0.524. The molecule has 0 atom stereocenters. The zero-order chi connectivity index (χ0) is 10.2. The van der Waals surface area contributed by atoms with Crippen LogP contribution >= 0.6 is 0 Å². The van der Waals surface area contributed by atoms with Gasteiger partial charge in [0.25, 0.3) is 0 Å². The van der Waals surface area contributed by atoms with Gasteiger partial charge in [-0.15, -0.1) is 0 Å². The molecule has 0 radical (unpaired) electrons. The van der Waals surface area contributed by atoms with Crippen LogP contribution in [-0.4, -0.2) is 22.9 Å². The quantitative estimate of drug-likeness (QED) is 0.674. The van der Waals surface area contributed by atoms with Crippen molar-refractivity contribution in [2.24, 2.45) is 0 Å². The zero-order valence-electron chi connectivity index (χ0n) is 9.29. The van der Waals surface area contributed by atoms with Crippen molar-refractivity contribution in [3.05, 3.63) is 18.0 Å². The molecule has 0 unspecified atom stereocenters. The normalized spacial score (nSPS) is 10.7. The molecule has 1 aromatic heterocycles. The summed E-state index contributed by atoms with van der Waals surface area (Å²) in [5, 5.41) is 7.58. The second-order valence-corrected chi connectivity index (χ2v) is 3.61. The maximum Gasteiger partial charge on any atom is 0.0492 e. The van der Waals surface area contributed by atoms with Gasteiger partial charge in [0, 0.05) is 18.4 Å². The van der Waals surface area contributed by atoms with E-state index >= 15 is 0 Å². The summed E-state index contributed by atoms with van der Waals surface area (Å²) in [4.78, 5) is 0. The van der Waals surface area contributed by atoms with Gasteiger partial charge in [0.2, 0.25) is 0 Å². The monoisotopic (exact) mass is 195 g/mol. The number of rotatable bonds is 7. The second-order valence-electron chi connectivity index (χ2n) is 3.61. The fourth-order valence-electron chi connectivity index (χ4n) is 1.50. The van der Waals surface area contributed by atoms with Gasteiger partial charge in [-0.25, -0.2) is 0 Å². The minimum absolute atomic E-state index is 1.06. The lowest BCUT2D eigenvalue weighted by Gasteiger charge is -2.04. The van der Waals surface area contributed by atoms with Crippen LogP contribution in [0.15, 0.2) is 12.3 Å². The molecule has 0 aliphatic rings. The van der Waals surface area contributed by atoms with Gasteiger partial charge >= 0.3 is 0 Å². The van der Waals surface area contributed by atoms with E-state index in [1.165, 1.54) is 25.0 Å². The third kappa shape index (κ3) is 3.92. The Morgan fingerprint density at radius 2 is 2.21 bits per heavy atom. The van der Waals surface area contributed by atoms with Crippen molar-refractivity contribution in [2.75, 3.05) is 13.1 Å². The summed E-state index contributed by atoms with van der Waals surface area (Å²) in [7, 11) is 0. The standard InChI is InChI=1S/C11H21N3/c1-3-12-8-5-4-6-10-14-11(2)7-9-13-14/h7,9,12H,3-6,8,10H2,1-2H3. The molecule has 0 saturated heterocycles. The molecule has 1 aromatic rings. The Morgan fingerprint density at radius 1 is 1.36 bits per heavy atom. The SMILES string of the molecule is CCNCCCCCn1nccc1C. The van der Waals surface area contributed by atoms with Crippen LogP contribution in [0.4, 0.5) is 0 Å². The number of nitrogens with one attached hydrogen (secondary N) is 1. The molecule has 1 N–H and O–H groups in total. The molecule has 0 aliphatic carbocycles. The Balaban J connectivity index is 2.02. The Labute approximate surface area is 86.5 Å². The van der Waals surface area contributed by atoms with Crippen LogP contribution in [0.5, 0.6) is 0 Å². The summed E-state index contributed by atoms with van der Waals surface area (Å²) in [6.07, 6.45) is 5.66. The molecular weight excluding hydrogens is 174 g/mol. The van der Waals surface area contributed by atoms with Gasteiger partial charge < -0.3 is 5.32 Å². The van der Waals surface area contributed by atoms with Gasteiger partial charge in [0.05, 0.1) is 0 Å². The van der Waals surface area contributed by atoms with Crippen molar-refractivity contribution in [3.63, 3.8) is 0 Å². The fourth-order valence-corrected chi connectivity index (χ4v) is 1.50. The van der Waals surface area contributed by atoms with E-state index in [9.17, 15) is 0 Å². The van der Waals surface area contributed by atoms with Crippen LogP contribution < -0.4 is 5.32 Å². The van der Waals surface area contributed by atoms with Gasteiger partial charge in [0.15, 0.2) is 0 Å². The lowest BCUT2D eigenvalue weighted by Crippen LogP contribution is -2.14. The van der Waals surface area contributed by atoms with Crippen molar-refractivity contribution in [3.8, 4) is 0 Å². The Hall–Kier alpha value is -0.830. The molecule has 0 bridgehead atoms. The van der Waals surface area contributed by atoms with E-state index < -0.39 is 0 Å². The summed E-state index contributed by atoms with van der Waals surface area (Å²) < 4.78 is 2.08. The van der Waals surface area contributed by atoms with Crippen LogP contribution in [0.3, 0.4) is 0 Å². The molecule has 1 heterocycles. The van der Waals surface area contributed by atoms with Crippen LogP contribution in [0, 0.1) is 6.92 Å². The first-order chi connectivity index (χ1) is 6.84. The number of unbranched alkanes of at least 4 members (excludes halogenated alkanes) is 2. The highest BCUT2D eigenvalue weighted by Gasteiger charge is 1.95. The van der Waals surface area contributed by atoms with E-state index in [0.29, 0.717) is 0 Å². The zero-order valence-corrected chi connectivity index (χ0v) is 9.29. The van der Waals surface area contributed by atoms with Gasteiger partial charge in [-0.1, -0.05) is 13.3 Å². The molecule has 3 nitrogen and oxygen atoms in total. The van der Waals surface area contributed by atoms with Crippen LogP contribution in [0.1, 0.15) is 31.9 Å². The van der Waals surface area contributed by atoms with E-state index in [2.05, 4.69) is 35.0 Å². The van der Waals surface area contributed by atoms with Gasteiger partial charge in [-0.2, -0.15) is 5.10 Å². The average molecular weight is 195 g/mol. The van der Waals surface area contributed by atoms with Gasteiger partial charge in [-0.05, 0) is 38.9 Å². The first-order valence-corrected chi connectivity index (χ1v) is 5.53. The number of aromatic nitrogens is 2. The number of hydrogen-bond donors (Lipinski definition) is 1. The van der Waals surface area contributed by atoms with E-state index in [1.807, 2.05) is 6.20 Å². The van der Waals surface area contributed by atoms with Crippen LogP contribution in [-0.2, 0) is 6.54 Å². The highest BCUT2D eigenvalue weighted by Crippen LogP contribution is 2.01. The summed E-state index contributed by atoms with van der Waals surface area (Å²) in [5.41, 5.74) is 1.26. The maximum atomic E-state index is 4.25. The van der Waals surface area contributed by atoms with Crippen LogP contribution in [0.25, 0.3) is 0 Å². The van der Waals surface area contributed by atoms with Crippen molar-refractivity contribution >= 4 is 0 Å². The Kier molecular flexibility index (Phi) is 5.30. The largest absolute Gasteiger partial charge is 0.317 e. The third-order valence-corrected chi connectivity index (χ3v) is 2.40. The second kappa shape index (κ2) is 6.60. The molecule has 3 heteroatoms. The average Bonchev–Trinajstić information content (AvgIpc) is 2.58. The van der Waals surface area contributed by atoms with Crippen molar-refractivity contribution in [1.82, 2.24) is 15.1 Å². The summed E-state index contributed by atoms with van der Waals surface area (Å²) in [5.74, 6) is 0. The molecule has 0 fully saturated rings. The first-order valence-electron chi connectivity index (χ1n) is 5.53. The lowest BCUT2D eigenvalue weighted by atomic mass is 10.2. The maximum absolute atomic E-state index is 4.25. The summed E-state index contributed by atoms with van der Waals surface area (Å²) in [6.45, 7) is 7.54. The number of hydrogen-bond acceptors (Lipinski definition) is 2. The molecule has 0 aromatic carbocycles. The molecule has 80 valence electrons. The molecule has 1 rings (SSSR count). The van der Waals surface area contributed by atoms with Gasteiger partial charge in [0.1, 0.15) is 0 Å². The van der Waals surface area contributed by atoms with Crippen molar-refractivity contribution < 1.29 is 0 Å². The van der Waals surface area contributed by atoms with Crippen LogP contribution in [0.2, 0.25) is 0 Å². The van der Waals surface area contributed by atoms with E-state index in [-0.39, 0.29) is 0 Å². The summed E-state index contributed by atoms with van der Waals surface area (Å²) in [6, 6.07) is 2.05. The van der Waals surface area contributed by atoms with E-state index in [0.717, 1.165) is 19.6 Å². The molecule has 14 heavy (non-hydrogen) atoms. The van der Waals surface area contributed by atoms with E-state index in [1.54, 1.807) is 0 Å². The minimum atomic E-state index is 1.06. The highest BCUT2D eigenvalue weighted by atomic mass is 15.3. The Morgan fingerprint density at radius 3 is 2.86 bits per heavy atom. The minimum Gasteiger partial charge on any atom is -0.317 e. The molecule has 0 saturated carbocycles. The van der Waals surface area contributed by atoms with Crippen molar-refractivity contribution in [1.29, 1.82) is 0 Å². The highest BCUT2D eigenvalue weighted by molar-refractivity contribution is 4.96. The molecule has 0 amide bonds. The molecule has 0 spiro atoms. The summed E-state index contributed by atoms with van der Waals surface area (Å²) >= 11 is 0. The van der Waals surface area contributed by atoms with Crippen molar-refractivity contribution in [2.45, 2.75) is 39.7 Å². The fraction of sp³-hybridized carbons (Fsp3) is 0.727. The number of aryl methyl sites for hydroxylation is 2. The third-order valence-electron chi connectivity index (χ3n) is 2.40. The molecule has 0 aliphatic heterocycles. The smallest absolute Gasteiger partial charge is 0.0492 e. The predicted octanol–water partition coefficient (Wildman–Crippen LogP) is 1.97. The first kappa shape index (κ1) is 11.2. The Bertz CT molecular complexity index is 242. The predicted molar refractivity (Wildman–Crippen MR) is 59.4 cm³/mol. The van der Waals surface area contributed by atoms with E-state index in [4.69, 9.17) is 0 Å². The topological polar surface area (TPSA) is 29.9 Å². The van der Waals surface area contributed by atoms with Gasteiger partial charge in [-0.3, -0.25) is 4.68 Å².